The van der Waals surface area contributed by atoms with Crippen molar-refractivity contribution in [3.8, 4) is 11.4 Å². The molecule has 0 bridgehead atoms. The van der Waals surface area contributed by atoms with E-state index in [-0.39, 0.29) is 44.5 Å². The molecule has 0 radical (unpaired) electrons. The highest BCUT2D eigenvalue weighted by Gasteiger charge is 2.42. The summed E-state index contributed by atoms with van der Waals surface area (Å²) in [6.07, 6.45) is -3.12. The molecule has 2 aliphatic rings. The minimum atomic E-state index is -4.25. The SMILES string of the molecule is CC(C)S(=O)(=O)N1CCN(c2cnn(-c3cccc(Cl)c3)c(=O)c2OC2CCC(C(F)(F)F)CC2)CC1. The van der Waals surface area contributed by atoms with Crippen molar-refractivity contribution in [2.45, 2.75) is 57.1 Å². The van der Waals surface area contributed by atoms with Crippen LogP contribution in [-0.4, -0.2) is 66.2 Å². The van der Waals surface area contributed by atoms with Crippen LogP contribution in [0.4, 0.5) is 18.9 Å². The number of rotatable bonds is 6. The van der Waals surface area contributed by atoms with E-state index in [4.69, 9.17) is 16.3 Å². The quantitative estimate of drug-likeness (QED) is 0.523. The number of hydrogen-bond donors (Lipinski definition) is 0. The van der Waals surface area contributed by atoms with Gasteiger partial charge in [-0.2, -0.15) is 27.3 Å². The summed E-state index contributed by atoms with van der Waals surface area (Å²) in [4.78, 5) is 15.4. The van der Waals surface area contributed by atoms with Gasteiger partial charge >= 0.3 is 11.7 Å². The molecule has 2 fully saturated rings. The Morgan fingerprint density at radius 3 is 2.30 bits per heavy atom. The topological polar surface area (TPSA) is 84.7 Å². The monoisotopic (exact) mass is 562 g/mol. The Bertz CT molecular complexity index is 1270. The molecule has 2 aromatic rings. The third kappa shape index (κ3) is 6.06. The zero-order valence-electron chi connectivity index (χ0n) is 20.6. The number of benzene rings is 1. The van der Waals surface area contributed by atoms with Crippen molar-refractivity contribution >= 4 is 27.3 Å². The van der Waals surface area contributed by atoms with Crippen LogP contribution in [0.1, 0.15) is 39.5 Å². The normalized spacial score (nSPS) is 21.9. The van der Waals surface area contributed by atoms with Gasteiger partial charge in [0.1, 0.15) is 5.69 Å². The fourth-order valence-corrected chi connectivity index (χ4v) is 6.17. The summed E-state index contributed by atoms with van der Waals surface area (Å²) >= 11 is 6.09. The number of sulfonamides is 1. The lowest BCUT2D eigenvalue weighted by atomic mass is 9.87. The predicted octanol–water partition coefficient (Wildman–Crippen LogP) is 4.25. The van der Waals surface area contributed by atoms with Gasteiger partial charge in [-0.3, -0.25) is 4.79 Å². The number of hydrogen-bond acceptors (Lipinski definition) is 6. The molecule has 0 spiro atoms. The van der Waals surface area contributed by atoms with E-state index < -0.39 is 39.0 Å². The molecule has 0 atom stereocenters. The van der Waals surface area contributed by atoms with Crippen molar-refractivity contribution in [1.82, 2.24) is 14.1 Å². The fourth-order valence-electron chi connectivity index (χ4n) is 4.71. The molecule has 13 heteroatoms. The van der Waals surface area contributed by atoms with E-state index in [1.807, 2.05) is 4.90 Å². The number of ether oxygens (including phenoxy) is 1. The third-order valence-electron chi connectivity index (χ3n) is 6.92. The summed E-state index contributed by atoms with van der Waals surface area (Å²) in [5.74, 6) is -1.38. The number of alkyl halides is 3. The van der Waals surface area contributed by atoms with Crippen LogP contribution in [0.2, 0.25) is 5.02 Å². The van der Waals surface area contributed by atoms with Gasteiger partial charge in [0.15, 0.2) is 0 Å². The Morgan fingerprint density at radius 2 is 1.73 bits per heavy atom. The van der Waals surface area contributed by atoms with Gasteiger partial charge in [-0.25, -0.2) is 8.42 Å². The van der Waals surface area contributed by atoms with E-state index in [1.165, 1.54) is 10.5 Å². The summed E-state index contributed by atoms with van der Waals surface area (Å²) in [6.45, 7) is 4.33. The minimum Gasteiger partial charge on any atom is -0.483 e. The van der Waals surface area contributed by atoms with Crippen LogP contribution >= 0.6 is 11.6 Å². The molecule has 2 heterocycles. The lowest BCUT2D eigenvalue weighted by Crippen LogP contribution is -2.50. The van der Waals surface area contributed by atoms with Gasteiger partial charge in [0.2, 0.25) is 15.8 Å². The number of aromatic nitrogens is 2. The molecule has 0 unspecified atom stereocenters. The molecule has 1 aromatic carbocycles. The molecule has 1 aliphatic heterocycles. The molecular weight excluding hydrogens is 533 g/mol. The maximum absolute atomic E-state index is 13.6. The summed E-state index contributed by atoms with van der Waals surface area (Å²) < 4.78 is 73.2. The highest BCUT2D eigenvalue weighted by molar-refractivity contribution is 7.89. The standard InChI is InChI=1S/C24H30ClF3N4O4S/c1-16(2)37(34,35)31-12-10-30(11-13-31)21-15-29-32(19-5-3-4-18(25)14-19)23(33)22(21)36-20-8-6-17(7-9-20)24(26,27)28/h3-5,14-17,20H,6-13H2,1-2H3. The van der Waals surface area contributed by atoms with E-state index in [9.17, 15) is 26.4 Å². The minimum absolute atomic E-state index is 0.00870. The van der Waals surface area contributed by atoms with Crippen molar-refractivity contribution < 1.29 is 26.3 Å². The van der Waals surface area contributed by atoms with Gasteiger partial charge in [-0.15, -0.1) is 0 Å². The average molecular weight is 563 g/mol. The third-order valence-corrected chi connectivity index (χ3v) is 9.44. The van der Waals surface area contributed by atoms with Gasteiger partial charge in [0.25, 0.3) is 0 Å². The summed E-state index contributed by atoms with van der Waals surface area (Å²) in [5, 5.41) is 4.16. The second kappa shape index (κ2) is 10.8. The van der Waals surface area contributed by atoms with Gasteiger partial charge in [-0.05, 0) is 57.7 Å². The van der Waals surface area contributed by atoms with Crippen molar-refractivity contribution in [3.63, 3.8) is 0 Å². The van der Waals surface area contributed by atoms with Crippen LogP contribution in [0.25, 0.3) is 5.69 Å². The maximum atomic E-state index is 13.6. The number of anilines is 1. The van der Waals surface area contributed by atoms with E-state index in [0.29, 0.717) is 29.5 Å². The lowest BCUT2D eigenvalue weighted by molar-refractivity contribution is -0.185. The molecule has 1 aromatic heterocycles. The molecule has 1 saturated heterocycles. The Hall–Kier alpha value is -2.31. The zero-order valence-corrected chi connectivity index (χ0v) is 22.2. The predicted molar refractivity (Wildman–Crippen MR) is 135 cm³/mol. The first kappa shape index (κ1) is 27.7. The second-order valence-corrected chi connectivity index (χ2v) is 12.6. The molecule has 0 amide bonds. The molecule has 8 nitrogen and oxygen atoms in total. The number of halogens is 4. The largest absolute Gasteiger partial charge is 0.483 e. The van der Waals surface area contributed by atoms with Gasteiger partial charge in [0.05, 0.1) is 29.2 Å². The zero-order chi connectivity index (χ0) is 27.0. The fraction of sp³-hybridized carbons (Fsp3) is 0.583. The van der Waals surface area contributed by atoms with Crippen LogP contribution in [0.3, 0.4) is 0 Å². The van der Waals surface area contributed by atoms with Gasteiger partial charge < -0.3 is 9.64 Å². The Kier molecular flexibility index (Phi) is 8.10. The first-order chi connectivity index (χ1) is 17.4. The average Bonchev–Trinajstić information content (AvgIpc) is 2.85. The number of piperazine rings is 1. The van der Waals surface area contributed by atoms with E-state index in [2.05, 4.69) is 5.10 Å². The molecular formula is C24H30ClF3N4O4S. The van der Waals surface area contributed by atoms with Gasteiger partial charge in [-0.1, -0.05) is 17.7 Å². The van der Waals surface area contributed by atoms with Crippen LogP contribution < -0.4 is 15.2 Å². The van der Waals surface area contributed by atoms with Crippen LogP contribution in [-0.2, 0) is 10.0 Å². The Balaban J connectivity index is 1.62. The van der Waals surface area contributed by atoms with Crippen molar-refractivity contribution in [1.29, 1.82) is 0 Å². The lowest BCUT2D eigenvalue weighted by Gasteiger charge is -2.37. The van der Waals surface area contributed by atoms with Crippen LogP contribution in [0.5, 0.6) is 5.75 Å². The van der Waals surface area contributed by atoms with Crippen molar-refractivity contribution in [2.75, 3.05) is 31.1 Å². The maximum Gasteiger partial charge on any atom is 0.391 e. The van der Waals surface area contributed by atoms with Gasteiger partial charge in [0, 0.05) is 31.2 Å². The Labute approximate surface area is 219 Å². The van der Waals surface area contributed by atoms with E-state index in [0.717, 1.165) is 4.68 Å². The first-order valence-corrected chi connectivity index (χ1v) is 14.1. The van der Waals surface area contributed by atoms with Crippen molar-refractivity contribution in [2.24, 2.45) is 5.92 Å². The second-order valence-electron chi connectivity index (χ2n) is 9.67. The molecule has 1 aliphatic carbocycles. The highest BCUT2D eigenvalue weighted by Crippen LogP contribution is 2.39. The summed E-state index contributed by atoms with van der Waals surface area (Å²) in [5.41, 5.74) is 0.250. The molecule has 0 N–H and O–H groups in total. The van der Waals surface area contributed by atoms with Crippen LogP contribution in [0, 0.1) is 5.92 Å². The van der Waals surface area contributed by atoms with E-state index >= 15 is 0 Å². The van der Waals surface area contributed by atoms with E-state index in [1.54, 1.807) is 38.1 Å². The van der Waals surface area contributed by atoms with Crippen molar-refractivity contribution in [3.05, 3.63) is 45.8 Å². The number of nitrogens with zero attached hydrogens (tertiary/aromatic N) is 4. The first-order valence-electron chi connectivity index (χ1n) is 12.2. The molecule has 204 valence electrons. The highest BCUT2D eigenvalue weighted by atomic mass is 35.5. The smallest absolute Gasteiger partial charge is 0.391 e. The molecule has 1 saturated carbocycles. The summed E-state index contributed by atoms with van der Waals surface area (Å²) in [7, 11) is -3.42. The van der Waals surface area contributed by atoms with Crippen LogP contribution in [0.15, 0.2) is 35.3 Å². The summed E-state index contributed by atoms with van der Waals surface area (Å²) in [6, 6.07) is 6.57. The molecule has 37 heavy (non-hydrogen) atoms. The molecule has 4 rings (SSSR count). The Morgan fingerprint density at radius 1 is 1.08 bits per heavy atom.